The van der Waals surface area contributed by atoms with Crippen molar-refractivity contribution in [3.63, 3.8) is 0 Å². The SMILES string of the molecule is CC(CCCN)C(=O)O.Cc1onc(-c2c(F)cccc2Cl)c1C(=O)NCCCC(C)C(=O)O.Cl. The second-order valence-corrected chi connectivity index (χ2v) is 8.27. The number of rotatable bonds is 11. The van der Waals surface area contributed by atoms with Gasteiger partial charge in [-0.2, -0.15) is 0 Å². The molecule has 2 atom stereocenters. The third-order valence-corrected chi connectivity index (χ3v) is 5.39. The Hall–Kier alpha value is -2.69. The molecule has 1 aromatic carbocycles. The van der Waals surface area contributed by atoms with Gasteiger partial charge in [-0.05, 0) is 51.3 Å². The van der Waals surface area contributed by atoms with Crippen LogP contribution in [0.1, 0.15) is 55.6 Å². The Labute approximate surface area is 214 Å². The number of halogens is 3. The number of benzene rings is 1. The Morgan fingerprint density at radius 2 is 1.71 bits per heavy atom. The van der Waals surface area contributed by atoms with Crippen molar-refractivity contribution in [2.24, 2.45) is 17.6 Å². The summed E-state index contributed by atoms with van der Waals surface area (Å²) in [5, 5.41) is 23.8. The van der Waals surface area contributed by atoms with Crippen molar-refractivity contribution in [2.45, 2.75) is 46.5 Å². The molecule has 0 saturated carbocycles. The standard InChI is InChI=1S/C17H18ClFN2O4.C6H13NO2.ClH/c1-9(17(23)24)5-4-8-20-16(22)13-10(2)25-21-15(13)14-11(18)6-3-7-12(14)19;1-5(6(8)9)3-2-4-7;/h3,6-7,9H,4-5,8H2,1-2H3,(H,20,22)(H,23,24);5H,2-4,7H2,1H3,(H,8,9);1H. The predicted molar refractivity (Wildman–Crippen MR) is 132 cm³/mol. The van der Waals surface area contributed by atoms with Gasteiger partial charge < -0.3 is 25.8 Å². The molecule has 2 aromatic rings. The first-order valence-corrected chi connectivity index (χ1v) is 11.2. The van der Waals surface area contributed by atoms with E-state index >= 15 is 0 Å². The number of nitrogens with two attached hydrogens (primary N) is 1. The van der Waals surface area contributed by atoms with Crippen molar-refractivity contribution in [3.8, 4) is 11.3 Å². The fourth-order valence-corrected chi connectivity index (χ4v) is 3.16. The first-order chi connectivity index (χ1) is 16.0. The number of nitrogens with one attached hydrogen (secondary N) is 1. The van der Waals surface area contributed by atoms with Crippen molar-refractivity contribution in [1.82, 2.24) is 10.5 Å². The number of hydrogen-bond acceptors (Lipinski definition) is 6. The topological polar surface area (TPSA) is 156 Å². The average Bonchev–Trinajstić information content (AvgIpc) is 3.15. The van der Waals surface area contributed by atoms with E-state index in [2.05, 4.69) is 10.5 Å². The number of amides is 1. The normalized spacial score (nSPS) is 11.9. The van der Waals surface area contributed by atoms with Crippen molar-refractivity contribution < 1.29 is 33.5 Å². The maximum Gasteiger partial charge on any atom is 0.306 e. The van der Waals surface area contributed by atoms with Gasteiger partial charge in [0.15, 0.2) is 0 Å². The lowest BCUT2D eigenvalue weighted by molar-refractivity contribution is -0.142. The Morgan fingerprint density at radius 3 is 2.23 bits per heavy atom. The maximum absolute atomic E-state index is 14.1. The molecule has 0 aliphatic rings. The molecule has 0 saturated heterocycles. The zero-order chi connectivity index (χ0) is 25.8. The summed E-state index contributed by atoms with van der Waals surface area (Å²) in [5.74, 6) is -3.18. The third-order valence-electron chi connectivity index (χ3n) is 5.07. The van der Waals surface area contributed by atoms with Crippen molar-refractivity contribution in [2.75, 3.05) is 13.1 Å². The zero-order valence-corrected chi connectivity index (χ0v) is 21.4. The third kappa shape index (κ3) is 10.2. The van der Waals surface area contributed by atoms with Gasteiger partial charge in [0.2, 0.25) is 0 Å². The maximum atomic E-state index is 14.1. The number of carboxylic acids is 2. The molecular weight excluding hydrogens is 504 g/mol. The zero-order valence-electron chi connectivity index (χ0n) is 19.8. The highest BCUT2D eigenvalue weighted by Crippen LogP contribution is 2.33. The van der Waals surface area contributed by atoms with Crippen LogP contribution in [0.3, 0.4) is 0 Å². The molecule has 1 aromatic heterocycles. The minimum atomic E-state index is -0.877. The van der Waals surface area contributed by atoms with E-state index in [4.69, 9.17) is 32.1 Å². The average molecular weight is 536 g/mol. The van der Waals surface area contributed by atoms with Crippen molar-refractivity contribution in [3.05, 3.63) is 40.4 Å². The molecule has 0 radical (unpaired) electrons. The van der Waals surface area contributed by atoms with Gasteiger partial charge in [0.25, 0.3) is 5.91 Å². The first kappa shape index (κ1) is 32.3. The lowest BCUT2D eigenvalue weighted by atomic mass is 10.0. The van der Waals surface area contributed by atoms with Crippen LogP contribution < -0.4 is 11.1 Å². The fraction of sp³-hybridized carbons (Fsp3) is 0.478. The highest BCUT2D eigenvalue weighted by Gasteiger charge is 2.25. The molecule has 0 aliphatic heterocycles. The number of carboxylic acid groups (broad SMARTS) is 2. The van der Waals surface area contributed by atoms with Gasteiger partial charge in [0.1, 0.15) is 22.8 Å². The van der Waals surface area contributed by atoms with Crippen LogP contribution in [0.5, 0.6) is 0 Å². The van der Waals surface area contributed by atoms with Crippen LogP contribution in [0, 0.1) is 24.6 Å². The van der Waals surface area contributed by atoms with E-state index in [0.717, 1.165) is 6.42 Å². The summed E-state index contributed by atoms with van der Waals surface area (Å²) in [7, 11) is 0. The molecule has 196 valence electrons. The largest absolute Gasteiger partial charge is 0.481 e. The quantitative estimate of drug-likeness (QED) is 0.305. The molecular formula is C23H32Cl2FN3O6. The minimum absolute atomic E-state index is 0. The highest BCUT2D eigenvalue weighted by atomic mass is 35.5. The monoisotopic (exact) mass is 535 g/mol. The van der Waals surface area contributed by atoms with Gasteiger partial charge in [-0.1, -0.05) is 36.7 Å². The number of carbonyl (C=O) groups is 3. The number of aryl methyl sites for hydroxylation is 1. The van der Waals surface area contributed by atoms with Crippen LogP contribution >= 0.6 is 24.0 Å². The molecule has 2 rings (SSSR count). The lowest BCUT2D eigenvalue weighted by Crippen LogP contribution is -2.26. The van der Waals surface area contributed by atoms with E-state index in [-0.39, 0.29) is 52.5 Å². The van der Waals surface area contributed by atoms with Crippen molar-refractivity contribution >= 4 is 41.9 Å². The van der Waals surface area contributed by atoms with Gasteiger partial charge in [0.05, 0.1) is 22.4 Å². The van der Waals surface area contributed by atoms with Gasteiger partial charge in [-0.25, -0.2) is 4.39 Å². The molecule has 0 fully saturated rings. The van der Waals surface area contributed by atoms with Gasteiger partial charge in [-0.15, -0.1) is 12.4 Å². The summed E-state index contributed by atoms with van der Waals surface area (Å²) >= 11 is 6.03. The Balaban J connectivity index is 0.000000989. The van der Waals surface area contributed by atoms with Crippen LogP contribution in [0.25, 0.3) is 11.3 Å². The molecule has 5 N–H and O–H groups in total. The number of hydrogen-bond donors (Lipinski definition) is 4. The molecule has 35 heavy (non-hydrogen) atoms. The number of carbonyl (C=O) groups excluding carboxylic acids is 1. The second-order valence-electron chi connectivity index (χ2n) is 7.87. The summed E-state index contributed by atoms with van der Waals surface area (Å²) in [4.78, 5) is 33.4. The van der Waals surface area contributed by atoms with E-state index in [1.54, 1.807) is 20.8 Å². The van der Waals surface area contributed by atoms with Crippen LogP contribution in [0.2, 0.25) is 5.02 Å². The van der Waals surface area contributed by atoms with Gasteiger partial charge >= 0.3 is 11.9 Å². The summed E-state index contributed by atoms with van der Waals surface area (Å²) in [6, 6.07) is 4.18. The van der Waals surface area contributed by atoms with Crippen LogP contribution in [-0.2, 0) is 9.59 Å². The van der Waals surface area contributed by atoms with E-state index in [9.17, 15) is 18.8 Å². The molecule has 0 bridgehead atoms. The van der Waals surface area contributed by atoms with E-state index in [1.807, 2.05) is 0 Å². The summed E-state index contributed by atoms with van der Waals surface area (Å²) < 4.78 is 19.1. The summed E-state index contributed by atoms with van der Waals surface area (Å²) in [6.45, 7) is 5.71. The fourth-order valence-electron chi connectivity index (χ4n) is 2.90. The van der Waals surface area contributed by atoms with Crippen molar-refractivity contribution in [1.29, 1.82) is 0 Å². The Bertz CT molecular complexity index is 966. The predicted octanol–water partition coefficient (Wildman–Crippen LogP) is 4.54. The van der Waals surface area contributed by atoms with E-state index < -0.39 is 29.6 Å². The molecule has 0 spiro atoms. The molecule has 2 unspecified atom stereocenters. The van der Waals surface area contributed by atoms with Crippen LogP contribution in [0.4, 0.5) is 4.39 Å². The Kier molecular flexibility index (Phi) is 14.8. The number of aromatic nitrogens is 1. The molecule has 12 heteroatoms. The highest BCUT2D eigenvalue weighted by molar-refractivity contribution is 6.33. The molecule has 9 nitrogen and oxygen atoms in total. The molecule has 1 heterocycles. The minimum Gasteiger partial charge on any atom is -0.481 e. The molecule has 1 amide bonds. The smallest absolute Gasteiger partial charge is 0.306 e. The summed E-state index contributed by atoms with van der Waals surface area (Å²) in [5.41, 5.74) is 5.34. The molecule has 0 aliphatic carbocycles. The Morgan fingerprint density at radius 1 is 1.14 bits per heavy atom. The summed E-state index contributed by atoms with van der Waals surface area (Å²) in [6.07, 6.45) is 2.42. The van der Waals surface area contributed by atoms with Crippen LogP contribution in [-0.4, -0.2) is 46.3 Å². The second kappa shape index (κ2) is 16.1. The number of aliphatic carboxylic acids is 2. The number of nitrogens with zero attached hydrogens (tertiary/aromatic N) is 1. The van der Waals surface area contributed by atoms with E-state index in [1.165, 1.54) is 18.2 Å². The van der Waals surface area contributed by atoms with Gasteiger partial charge in [-0.3, -0.25) is 14.4 Å². The van der Waals surface area contributed by atoms with E-state index in [0.29, 0.717) is 25.8 Å². The first-order valence-electron chi connectivity index (χ1n) is 10.9. The lowest BCUT2D eigenvalue weighted by Gasteiger charge is -2.08. The van der Waals surface area contributed by atoms with Crippen LogP contribution in [0.15, 0.2) is 22.7 Å². The van der Waals surface area contributed by atoms with Gasteiger partial charge in [0, 0.05) is 6.54 Å².